The monoisotopic (exact) mass is 458 g/mol. The van der Waals surface area contributed by atoms with Gasteiger partial charge in [-0.05, 0) is 37.6 Å². The SMILES string of the molecule is Cc1nc(NCCc2cc3cc(Cl)c(OCC4CC(F)(F)C4)cc3[nH]c2=O)ccc1C#N. The second kappa shape index (κ2) is 8.75. The molecule has 1 fully saturated rings. The Bertz CT molecular complexity index is 1260. The fraction of sp³-hybridized carbons (Fsp3) is 0.348. The van der Waals surface area contributed by atoms with Crippen molar-refractivity contribution in [2.45, 2.75) is 32.1 Å². The largest absolute Gasteiger partial charge is 0.492 e. The minimum absolute atomic E-state index is 0.164. The van der Waals surface area contributed by atoms with Gasteiger partial charge in [0.05, 0.1) is 28.4 Å². The molecule has 1 saturated carbocycles. The van der Waals surface area contributed by atoms with Crippen LogP contribution in [0.15, 0.2) is 35.1 Å². The molecule has 3 aromatic rings. The molecule has 0 aliphatic heterocycles. The van der Waals surface area contributed by atoms with E-state index in [1.165, 1.54) is 0 Å². The molecule has 1 aliphatic carbocycles. The molecule has 32 heavy (non-hydrogen) atoms. The molecular weight excluding hydrogens is 438 g/mol. The van der Waals surface area contributed by atoms with Crippen LogP contribution in [0.4, 0.5) is 14.6 Å². The summed E-state index contributed by atoms with van der Waals surface area (Å²) in [5, 5.41) is 13.2. The number of anilines is 1. The summed E-state index contributed by atoms with van der Waals surface area (Å²) in [7, 11) is 0. The van der Waals surface area contributed by atoms with Crippen molar-refractivity contribution in [1.82, 2.24) is 9.97 Å². The summed E-state index contributed by atoms with van der Waals surface area (Å²) in [4.78, 5) is 19.7. The lowest BCUT2D eigenvalue weighted by Gasteiger charge is -2.34. The van der Waals surface area contributed by atoms with Crippen molar-refractivity contribution >= 4 is 28.3 Å². The molecule has 6 nitrogen and oxygen atoms in total. The molecule has 0 bridgehead atoms. The number of benzene rings is 1. The third-order valence-corrected chi connectivity index (χ3v) is 5.82. The van der Waals surface area contributed by atoms with Gasteiger partial charge in [0.2, 0.25) is 5.92 Å². The number of aryl methyl sites for hydroxylation is 1. The number of H-pyrrole nitrogens is 1. The summed E-state index contributed by atoms with van der Waals surface area (Å²) >= 11 is 6.31. The molecule has 0 spiro atoms. The molecule has 9 heteroatoms. The van der Waals surface area contributed by atoms with Crippen molar-refractivity contribution in [1.29, 1.82) is 5.26 Å². The van der Waals surface area contributed by atoms with Gasteiger partial charge in [-0.2, -0.15) is 5.26 Å². The fourth-order valence-electron chi connectivity index (χ4n) is 3.76. The maximum Gasteiger partial charge on any atom is 0.251 e. The van der Waals surface area contributed by atoms with Crippen LogP contribution in [0.2, 0.25) is 5.02 Å². The van der Waals surface area contributed by atoms with Gasteiger partial charge in [-0.3, -0.25) is 4.79 Å². The van der Waals surface area contributed by atoms with E-state index in [-0.39, 0.29) is 30.9 Å². The van der Waals surface area contributed by atoms with Crippen LogP contribution < -0.4 is 15.6 Å². The third kappa shape index (κ3) is 4.83. The Kier molecular flexibility index (Phi) is 6.02. The number of rotatable bonds is 7. The Labute approximate surface area is 188 Å². The number of pyridine rings is 2. The van der Waals surface area contributed by atoms with Crippen molar-refractivity contribution in [2.75, 3.05) is 18.5 Å². The molecular formula is C23H21ClF2N4O2. The number of nitriles is 1. The van der Waals surface area contributed by atoms with Gasteiger partial charge in [-0.1, -0.05) is 11.6 Å². The zero-order chi connectivity index (χ0) is 22.9. The molecule has 0 atom stereocenters. The Morgan fingerprint density at radius 3 is 2.81 bits per heavy atom. The Balaban J connectivity index is 1.42. The zero-order valence-electron chi connectivity index (χ0n) is 17.3. The lowest BCUT2D eigenvalue weighted by atomic mass is 9.82. The van der Waals surface area contributed by atoms with Crippen molar-refractivity contribution in [3.63, 3.8) is 0 Å². The number of ether oxygens (including phenoxy) is 1. The number of halogens is 3. The predicted octanol–water partition coefficient (Wildman–Crippen LogP) is 4.84. The second-order valence-corrected chi connectivity index (χ2v) is 8.46. The molecule has 4 rings (SSSR count). The highest BCUT2D eigenvalue weighted by atomic mass is 35.5. The summed E-state index contributed by atoms with van der Waals surface area (Å²) in [6, 6.07) is 10.6. The molecule has 166 valence electrons. The smallest absolute Gasteiger partial charge is 0.251 e. The van der Waals surface area contributed by atoms with E-state index in [2.05, 4.69) is 21.4 Å². The van der Waals surface area contributed by atoms with Crippen LogP contribution in [0.25, 0.3) is 10.9 Å². The van der Waals surface area contributed by atoms with Crippen LogP contribution in [-0.4, -0.2) is 29.0 Å². The lowest BCUT2D eigenvalue weighted by Crippen LogP contribution is -2.38. The number of hydrogen-bond acceptors (Lipinski definition) is 5. The van der Waals surface area contributed by atoms with Crippen LogP contribution >= 0.6 is 11.6 Å². The summed E-state index contributed by atoms with van der Waals surface area (Å²) in [5.74, 6) is -1.79. The highest BCUT2D eigenvalue weighted by Gasteiger charge is 2.45. The molecule has 1 aliphatic rings. The normalized spacial score (nSPS) is 15.2. The molecule has 0 radical (unpaired) electrons. The van der Waals surface area contributed by atoms with Gasteiger partial charge in [-0.15, -0.1) is 0 Å². The van der Waals surface area contributed by atoms with Crippen LogP contribution in [-0.2, 0) is 6.42 Å². The van der Waals surface area contributed by atoms with Crippen LogP contribution in [0, 0.1) is 24.2 Å². The Morgan fingerprint density at radius 1 is 1.34 bits per heavy atom. The average molecular weight is 459 g/mol. The summed E-state index contributed by atoms with van der Waals surface area (Å²) in [5.41, 5.74) is 2.08. The van der Waals surface area contributed by atoms with Gasteiger partial charge in [0, 0.05) is 42.3 Å². The molecule has 0 unspecified atom stereocenters. The Hall–Kier alpha value is -3.18. The first-order valence-electron chi connectivity index (χ1n) is 10.2. The van der Waals surface area contributed by atoms with Gasteiger partial charge in [0.1, 0.15) is 17.6 Å². The van der Waals surface area contributed by atoms with Crippen LogP contribution in [0.3, 0.4) is 0 Å². The maximum atomic E-state index is 13.0. The summed E-state index contributed by atoms with van der Waals surface area (Å²) in [6.45, 7) is 2.41. The molecule has 2 heterocycles. The van der Waals surface area contributed by atoms with Crippen LogP contribution in [0.5, 0.6) is 5.75 Å². The second-order valence-electron chi connectivity index (χ2n) is 8.05. The van der Waals surface area contributed by atoms with Crippen molar-refractivity contribution in [2.24, 2.45) is 5.92 Å². The molecule has 2 aromatic heterocycles. The van der Waals surface area contributed by atoms with Crippen LogP contribution in [0.1, 0.15) is 29.7 Å². The fourth-order valence-corrected chi connectivity index (χ4v) is 3.99. The van der Waals surface area contributed by atoms with Gasteiger partial charge in [0.15, 0.2) is 0 Å². The minimum Gasteiger partial charge on any atom is -0.492 e. The first kappa shape index (κ1) is 22.0. The van der Waals surface area contributed by atoms with E-state index in [1.54, 1.807) is 37.3 Å². The molecule has 1 aromatic carbocycles. The first-order chi connectivity index (χ1) is 15.2. The van der Waals surface area contributed by atoms with Crippen molar-refractivity contribution < 1.29 is 13.5 Å². The highest BCUT2D eigenvalue weighted by molar-refractivity contribution is 6.32. The Morgan fingerprint density at radius 2 is 2.12 bits per heavy atom. The number of aromatic amines is 1. The standard InChI is InChI=1S/C23H21ClF2N4O2/c1-13-16(11-27)2-3-21(29-13)28-5-4-15-6-17-7-18(24)20(8-19(17)30-22(15)31)32-12-14-9-23(25,26)10-14/h2-3,6-8,14H,4-5,9-10,12H2,1H3,(H,28,29)(H,30,31). The topological polar surface area (TPSA) is 90.8 Å². The quantitative estimate of drug-likeness (QED) is 0.529. The zero-order valence-corrected chi connectivity index (χ0v) is 18.1. The highest BCUT2D eigenvalue weighted by Crippen LogP contribution is 2.42. The summed E-state index contributed by atoms with van der Waals surface area (Å²) in [6.07, 6.45) is 0.103. The molecule has 0 amide bonds. The van der Waals surface area contributed by atoms with E-state index in [9.17, 15) is 13.6 Å². The molecule has 2 N–H and O–H groups in total. The van der Waals surface area contributed by atoms with Gasteiger partial charge in [-0.25, -0.2) is 13.8 Å². The van der Waals surface area contributed by atoms with Gasteiger partial charge >= 0.3 is 0 Å². The van der Waals surface area contributed by atoms with E-state index in [4.69, 9.17) is 21.6 Å². The average Bonchev–Trinajstić information content (AvgIpc) is 2.71. The maximum absolute atomic E-state index is 13.0. The van der Waals surface area contributed by atoms with Crippen molar-refractivity contribution in [3.05, 3.63) is 62.5 Å². The number of hydrogen-bond donors (Lipinski definition) is 2. The predicted molar refractivity (Wildman–Crippen MR) is 119 cm³/mol. The van der Waals surface area contributed by atoms with E-state index >= 15 is 0 Å². The van der Waals surface area contributed by atoms with E-state index in [0.29, 0.717) is 51.9 Å². The minimum atomic E-state index is -2.59. The summed E-state index contributed by atoms with van der Waals surface area (Å²) < 4.78 is 31.6. The number of nitrogens with zero attached hydrogens (tertiary/aromatic N) is 2. The lowest BCUT2D eigenvalue weighted by molar-refractivity contribution is -0.119. The van der Waals surface area contributed by atoms with Gasteiger partial charge < -0.3 is 15.0 Å². The first-order valence-corrected chi connectivity index (χ1v) is 10.6. The number of alkyl halides is 2. The van der Waals surface area contributed by atoms with E-state index < -0.39 is 5.92 Å². The number of nitrogens with one attached hydrogen (secondary N) is 2. The third-order valence-electron chi connectivity index (χ3n) is 5.53. The van der Waals surface area contributed by atoms with E-state index in [0.717, 1.165) is 5.39 Å². The van der Waals surface area contributed by atoms with E-state index in [1.807, 2.05) is 0 Å². The molecule has 0 saturated heterocycles. The number of fused-ring (bicyclic) bond motifs is 1. The van der Waals surface area contributed by atoms with Gasteiger partial charge in [0.25, 0.3) is 5.56 Å². The number of aromatic nitrogens is 2. The van der Waals surface area contributed by atoms with Crippen molar-refractivity contribution in [3.8, 4) is 11.8 Å².